The maximum atomic E-state index is 12.7. The van der Waals surface area contributed by atoms with Crippen molar-refractivity contribution in [3.05, 3.63) is 39.9 Å². The van der Waals surface area contributed by atoms with E-state index in [0.717, 1.165) is 83.9 Å². The SMILES string of the molecule is COC(=O)C(CCc1ccc([N+](=O)[O-])cc1)N1CCCN2CCNCCCN(CC2)CC1. The molecule has 3 rings (SSSR count). The maximum absolute atomic E-state index is 12.7. The van der Waals surface area contributed by atoms with E-state index in [4.69, 9.17) is 4.74 Å². The van der Waals surface area contributed by atoms with Crippen molar-refractivity contribution in [3.8, 4) is 0 Å². The quantitative estimate of drug-likeness (QED) is 0.397. The number of hydrogen-bond acceptors (Lipinski definition) is 8. The minimum absolute atomic E-state index is 0.0855. The lowest BCUT2D eigenvalue weighted by atomic mass is 10.0. The van der Waals surface area contributed by atoms with Gasteiger partial charge < -0.3 is 19.9 Å². The summed E-state index contributed by atoms with van der Waals surface area (Å²) in [5.41, 5.74) is 1.08. The minimum Gasteiger partial charge on any atom is -0.468 e. The van der Waals surface area contributed by atoms with Gasteiger partial charge in [-0.3, -0.25) is 19.8 Å². The predicted molar refractivity (Wildman–Crippen MR) is 124 cm³/mol. The molecule has 0 saturated carbocycles. The summed E-state index contributed by atoms with van der Waals surface area (Å²) in [5, 5.41) is 14.4. The molecule has 2 aliphatic heterocycles. The zero-order valence-electron chi connectivity index (χ0n) is 19.2. The van der Waals surface area contributed by atoms with E-state index in [1.165, 1.54) is 19.2 Å². The number of non-ortho nitro benzene ring substituents is 1. The first kappa shape index (κ1) is 24.6. The number of ether oxygens (including phenoxy) is 1. The van der Waals surface area contributed by atoms with Gasteiger partial charge in [0.1, 0.15) is 6.04 Å². The third kappa shape index (κ3) is 7.51. The monoisotopic (exact) mass is 447 g/mol. The first-order valence-electron chi connectivity index (χ1n) is 11.8. The van der Waals surface area contributed by atoms with Crippen molar-refractivity contribution in [1.82, 2.24) is 20.0 Å². The molecular weight excluding hydrogens is 410 g/mol. The van der Waals surface area contributed by atoms with E-state index in [1.807, 2.05) is 0 Å². The number of esters is 1. The molecule has 0 spiro atoms. The molecule has 0 aliphatic carbocycles. The molecule has 1 aromatic carbocycles. The van der Waals surface area contributed by atoms with Crippen molar-refractivity contribution in [1.29, 1.82) is 0 Å². The number of rotatable bonds is 6. The number of carbonyl (C=O) groups excluding carboxylic acids is 1. The number of nitro benzene ring substituents is 1. The molecule has 3 unspecified atom stereocenters. The van der Waals surface area contributed by atoms with Crippen molar-refractivity contribution >= 4 is 11.7 Å². The topological polar surface area (TPSA) is 91.2 Å². The summed E-state index contributed by atoms with van der Waals surface area (Å²) in [6.07, 6.45) is 3.47. The van der Waals surface area contributed by atoms with Crippen LogP contribution in [0.25, 0.3) is 0 Å². The number of carbonyl (C=O) groups is 1. The molecule has 2 aliphatic rings. The van der Waals surface area contributed by atoms with Crippen LogP contribution in [0.1, 0.15) is 24.8 Å². The van der Waals surface area contributed by atoms with Crippen LogP contribution in [-0.4, -0.2) is 104 Å². The van der Waals surface area contributed by atoms with E-state index in [0.29, 0.717) is 12.8 Å². The van der Waals surface area contributed by atoms with Crippen LogP contribution >= 0.6 is 0 Å². The summed E-state index contributed by atoms with van der Waals surface area (Å²) in [4.78, 5) is 30.6. The third-order valence-corrected chi connectivity index (χ3v) is 6.56. The van der Waals surface area contributed by atoms with Gasteiger partial charge >= 0.3 is 5.97 Å². The fourth-order valence-electron chi connectivity index (χ4n) is 4.61. The number of nitrogens with one attached hydrogen (secondary N) is 1. The smallest absolute Gasteiger partial charge is 0.323 e. The highest BCUT2D eigenvalue weighted by molar-refractivity contribution is 5.75. The second-order valence-electron chi connectivity index (χ2n) is 8.68. The summed E-state index contributed by atoms with van der Waals surface area (Å²) in [7, 11) is 1.45. The first-order chi connectivity index (χ1) is 15.6. The van der Waals surface area contributed by atoms with Gasteiger partial charge in [0.25, 0.3) is 5.69 Å². The van der Waals surface area contributed by atoms with E-state index in [1.54, 1.807) is 12.1 Å². The fraction of sp³-hybridized carbons (Fsp3) is 0.696. The molecule has 2 bridgehead atoms. The molecule has 2 fully saturated rings. The Morgan fingerprint density at radius 3 is 2.41 bits per heavy atom. The summed E-state index contributed by atoms with van der Waals surface area (Å²) < 4.78 is 5.17. The van der Waals surface area contributed by atoms with Crippen LogP contribution in [-0.2, 0) is 16.0 Å². The van der Waals surface area contributed by atoms with Crippen LogP contribution in [0, 0.1) is 10.1 Å². The van der Waals surface area contributed by atoms with Crippen molar-refractivity contribution in [2.75, 3.05) is 72.6 Å². The van der Waals surface area contributed by atoms with Gasteiger partial charge in [-0.05, 0) is 50.9 Å². The number of nitrogens with zero attached hydrogens (tertiary/aromatic N) is 4. The van der Waals surface area contributed by atoms with E-state index in [-0.39, 0.29) is 17.7 Å². The minimum atomic E-state index is -0.392. The number of nitro groups is 1. The Hall–Kier alpha value is -2.07. The normalized spacial score (nSPS) is 24.4. The van der Waals surface area contributed by atoms with E-state index >= 15 is 0 Å². The average Bonchev–Trinajstić information content (AvgIpc) is 2.81. The maximum Gasteiger partial charge on any atom is 0.323 e. The van der Waals surface area contributed by atoms with Crippen LogP contribution < -0.4 is 5.32 Å². The van der Waals surface area contributed by atoms with E-state index in [9.17, 15) is 14.9 Å². The van der Waals surface area contributed by atoms with Gasteiger partial charge in [0, 0.05) is 57.9 Å². The predicted octanol–water partition coefficient (Wildman–Crippen LogP) is 1.37. The molecule has 3 atom stereocenters. The van der Waals surface area contributed by atoms with Crippen LogP contribution in [0.15, 0.2) is 24.3 Å². The van der Waals surface area contributed by atoms with Gasteiger partial charge in [0.05, 0.1) is 12.0 Å². The molecule has 2 saturated heterocycles. The molecule has 0 radical (unpaired) electrons. The van der Waals surface area contributed by atoms with Gasteiger partial charge in [-0.15, -0.1) is 0 Å². The molecule has 9 nitrogen and oxygen atoms in total. The molecule has 2 heterocycles. The molecule has 32 heavy (non-hydrogen) atoms. The average molecular weight is 448 g/mol. The number of hydrogen-bond donors (Lipinski definition) is 1. The molecule has 0 aromatic heterocycles. The zero-order chi connectivity index (χ0) is 22.8. The Labute approximate surface area is 190 Å². The summed E-state index contributed by atoms with van der Waals surface area (Å²) in [5.74, 6) is -0.197. The van der Waals surface area contributed by atoms with Crippen LogP contribution in [0.4, 0.5) is 5.69 Å². The van der Waals surface area contributed by atoms with Gasteiger partial charge in [-0.25, -0.2) is 0 Å². The van der Waals surface area contributed by atoms with E-state index < -0.39 is 4.92 Å². The highest BCUT2D eigenvalue weighted by atomic mass is 16.6. The highest BCUT2D eigenvalue weighted by Crippen LogP contribution is 2.17. The molecule has 1 aromatic rings. The largest absolute Gasteiger partial charge is 0.468 e. The van der Waals surface area contributed by atoms with E-state index in [2.05, 4.69) is 20.0 Å². The second kappa shape index (κ2) is 12.8. The summed E-state index contributed by atoms with van der Waals surface area (Å²) in [6.45, 7) is 10.1. The van der Waals surface area contributed by atoms with Gasteiger partial charge in [0.2, 0.25) is 0 Å². The molecule has 9 heteroatoms. The van der Waals surface area contributed by atoms with Crippen molar-refractivity contribution in [3.63, 3.8) is 0 Å². The molecule has 1 N–H and O–H groups in total. The number of methoxy groups -OCH3 is 1. The zero-order valence-corrected chi connectivity index (χ0v) is 19.2. The molecule has 0 amide bonds. The van der Waals surface area contributed by atoms with Gasteiger partial charge in [-0.2, -0.15) is 0 Å². The summed E-state index contributed by atoms with van der Waals surface area (Å²) >= 11 is 0. The Kier molecular flexibility index (Phi) is 9.86. The van der Waals surface area contributed by atoms with Crippen molar-refractivity contribution in [2.45, 2.75) is 31.7 Å². The van der Waals surface area contributed by atoms with Crippen LogP contribution in [0.5, 0.6) is 0 Å². The van der Waals surface area contributed by atoms with Gasteiger partial charge in [0.15, 0.2) is 0 Å². The standard InChI is InChI=1S/C23H37N5O4/c1-32-23(29)22(9-6-20-4-7-21(8-5-20)28(30)31)27-14-3-13-25-15-11-24-10-2-12-26(17-16-25)18-19-27/h4-5,7-8,22,24H,2-3,6,9-19H2,1H3. The first-order valence-corrected chi connectivity index (χ1v) is 11.8. The van der Waals surface area contributed by atoms with Crippen molar-refractivity contribution in [2.24, 2.45) is 0 Å². The number of aryl methyl sites for hydroxylation is 1. The highest BCUT2D eigenvalue weighted by Gasteiger charge is 2.28. The number of fused-ring (bicyclic) bond motifs is 3. The second-order valence-corrected chi connectivity index (χ2v) is 8.68. The van der Waals surface area contributed by atoms with Crippen LogP contribution in [0.3, 0.4) is 0 Å². The number of benzene rings is 1. The summed E-state index contributed by atoms with van der Waals surface area (Å²) in [6, 6.07) is 6.30. The fourth-order valence-corrected chi connectivity index (χ4v) is 4.61. The Balaban J connectivity index is 1.67. The molecular formula is C23H37N5O4. The molecule has 178 valence electrons. The Morgan fingerprint density at radius 1 is 1.00 bits per heavy atom. The van der Waals surface area contributed by atoms with Gasteiger partial charge in [-0.1, -0.05) is 12.1 Å². The Bertz CT molecular complexity index is 730. The van der Waals surface area contributed by atoms with Crippen LogP contribution in [0.2, 0.25) is 0 Å². The lowest BCUT2D eigenvalue weighted by Gasteiger charge is -2.36. The third-order valence-electron chi connectivity index (χ3n) is 6.56. The Morgan fingerprint density at radius 2 is 1.69 bits per heavy atom. The van der Waals surface area contributed by atoms with Crippen molar-refractivity contribution < 1.29 is 14.5 Å². The lowest BCUT2D eigenvalue weighted by Crippen LogP contribution is -2.50. The lowest BCUT2D eigenvalue weighted by molar-refractivity contribution is -0.384.